The summed E-state index contributed by atoms with van der Waals surface area (Å²) in [5, 5.41) is 1.14. The minimum Gasteiger partial charge on any atom is -0.488 e. The van der Waals surface area contributed by atoms with Gasteiger partial charge in [-0.3, -0.25) is 14.7 Å². The van der Waals surface area contributed by atoms with E-state index in [4.69, 9.17) is 10.5 Å². The highest BCUT2D eigenvalue weighted by atomic mass is 16.5. The van der Waals surface area contributed by atoms with Crippen molar-refractivity contribution in [3.63, 3.8) is 0 Å². The fourth-order valence-corrected chi connectivity index (χ4v) is 4.10. The second kappa shape index (κ2) is 9.87. The zero-order valence-corrected chi connectivity index (χ0v) is 17.2. The Kier molecular flexibility index (Phi) is 7.26. The van der Waals surface area contributed by atoms with Gasteiger partial charge in [-0.25, -0.2) is 0 Å². The van der Waals surface area contributed by atoms with E-state index in [0.717, 1.165) is 61.8 Å². The number of piperidine rings is 1. The van der Waals surface area contributed by atoms with Crippen molar-refractivity contribution in [2.45, 2.75) is 70.9 Å². The quantitative estimate of drug-likeness (QED) is 0.708. The van der Waals surface area contributed by atoms with Crippen molar-refractivity contribution in [2.24, 2.45) is 5.73 Å². The van der Waals surface area contributed by atoms with E-state index in [1.807, 2.05) is 12.3 Å². The number of rotatable bonds is 9. The Morgan fingerprint density at radius 1 is 1.29 bits per heavy atom. The van der Waals surface area contributed by atoms with Gasteiger partial charge < -0.3 is 10.5 Å². The van der Waals surface area contributed by atoms with Crippen LogP contribution in [0.3, 0.4) is 0 Å². The van der Waals surface area contributed by atoms with Gasteiger partial charge in [0.15, 0.2) is 0 Å². The predicted molar refractivity (Wildman–Crippen MR) is 113 cm³/mol. The van der Waals surface area contributed by atoms with E-state index in [1.165, 1.54) is 18.4 Å². The number of unbranched alkanes of at least 4 members (excludes halogenated alkanes) is 1. The fraction of sp³-hybridized carbons (Fsp3) is 0.565. The van der Waals surface area contributed by atoms with Crippen molar-refractivity contribution in [2.75, 3.05) is 13.1 Å². The monoisotopic (exact) mass is 383 g/mol. The minimum atomic E-state index is -0.208. The first-order valence-electron chi connectivity index (χ1n) is 10.7. The summed E-state index contributed by atoms with van der Waals surface area (Å²) in [5.74, 6) is 0.683. The summed E-state index contributed by atoms with van der Waals surface area (Å²) in [7, 11) is 0. The summed E-state index contributed by atoms with van der Waals surface area (Å²) in [5.41, 5.74) is 7.86. The molecule has 152 valence electrons. The van der Waals surface area contributed by atoms with Crippen LogP contribution in [0.2, 0.25) is 0 Å². The normalized spacial score (nSPS) is 16.9. The van der Waals surface area contributed by atoms with E-state index in [2.05, 4.69) is 41.9 Å². The number of aromatic nitrogens is 1. The molecule has 5 nitrogen and oxygen atoms in total. The number of nitrogens with zero attached hydrogens (tertiary/aromatic N) is 2. The van der Waals surface area contributed by atoms with Gasteiger partial charge in [-0.1, -0.05) is 32.8 Å². The van der Waals surface area contributed by atoms with Crippen LogP contribution >= 0.6 is 0 Å². The molecule has 1 fully saturated rings. The fourth-order valence-electron chi connectivity index (χ4n) is 4.10. The Bertz CT molecular complexity index is 785. The number of hydrogen-bond acceptors (Lipinski definition) is 4. The van der Waals surface area contributed by atoms with Crippen molar-refractivity contribution in [1.82, 2.24) is 9.88 Å². The van der Waals surface area contributed by atoms with Crippen LogP contribution in [0.4, 0.5) is 0 Å². The van der Waals surface area contributed by atoms with Gasteiger partial charge in [0.25, 0.3) is 0 Å². The van der Waals surface area contributed by atoms with Gasteiger partial charge in [0.2, 0.25) is 5.91 Å². The highest BCUT2D eigenvalue weighted by molar-refractivity contribution is 5.85. The molecule has 1 aliphatic heterocycles. The Labute approximate surface area is 168 Å². The van der Waals surface area contributed by atoms with Crippen LogP contribution in [-0.4, -0.2) is 41.0 Å². The maximum atomic E-state index is 11.8. The molecule has 1 aromatic heterocycles. The molecular formula is C23H33N3O2. The molecule has 2 heterocycles. The lowest BCUT2D eigenvalue weighted by Crippen LogP contribution is -2.49. The summed E-state index contributed by atoms with van der Waals surface area (Å²) in [6.07, 6.45) is 8.99. The van der Waals surface area contributed by atoms with Crippen LogP contribution in [0.1, 0.15) is 57.9 Å². The van der Waals surface area contributed by atoms with Crippen molar-refractivity contribution in [3.8, 4) is 5.75 Å². The molecule has 0 aliphatic carbocycles. The highest BCUT2D eigenvalue weighted by Crippen LogP contribution is 2.29. The van der Waals surface area contributed by atoms with E-state index in [1.54, 1.807) is 0 Å². The van der Waals surface area contributed by atoms with Crippen LogP contribution in [0.25, 0.3) is 10.9 Å². The summed E-state index contributed by atoms with van der Waals surface area (Å²) in [4.78, 5) is 18.6. The zero-order chi connectivity index (χ0) is 19.9. The Morgan fingerprint density at radius 2 is 2.07 bits per heavy atom. The molecule has 2 aromatic rings. The number of ether oxygens (including phenoxy) is 1. The minimum absolute atomic E-state index is 0.147. The molecule has 0 radical (unpaired) electrons. The van der Waals surface area contributed by atoms with Gasteiger partial charge in [0.1, 0.15) is 17.4 Å². The molecule has 0 spiro atoms. The molecule has 1 atom stereocenters. The first-order chi connectivity index (χ1) is 13.6. The maximum absolute atomic E-state index is 11.8. The van der Waals surface area contributed by atoms with Gasteiger partial charge >= 0.3 is 0 Å². The molecule has 1 saturated heterocycles. The molecule has 1 amide bonds. The molecule has 3 rings (SSSR count). The van der Waals surface area contributed by atoms with E-state index in [-0.39, 0.29) is 18.1 Å². The van der Waals surface area contributed by atoms with Gasteiger partial charge in [0, 0.05) is 24.7 Å². The second-order valence-electron chi connectivity index (χ2n) is 7.83. The molecule has 1 aliphatic rings. The van der Waals surface area contributed by atoms with Crippen molar-refractivity contribution in [1.29, 1.82) is 0 Å². The maximum Gasteiger partial charge on any atom is 0.234 e. The molecule has 0 bridgehead atoms. The number of likely N-dealkylation sites (tertiary alicyclic amines) is 1. The van der Waals surface area contributed by atoms with Crippen LogP contribution in [-0.2, 0) is 11.2 Å². The number of primary amides is 1. The van der Waals surface area contributed by atoms with E-state index in [0.29, 0.717) is 0 Å². The third kappa shape index (κ3) is 5.02. The molecule has 1 aromatic carbocycles. The third-order valence-electron chi connectivity index (χ3n) is 5.65. The van der Waals surface area contributed by atoms with Crippen LogP contribution in [0.5, 0.6) is 5.75 Å². The predicted octanol–water partition coefficient (Wildman–Crippen LogP) is 4.07. The van der Waals surface area contributed by atoms with Crippen LogP contribution in [0, 0.1) is 0 Å². The van der Waals surface area contributed by atoms with E-state index in [9.17, 15) is 4.79 Å². The molecule has 0 saturated carbocycles. The van der Waals surface area contributed by atoms with Crippen molar-refractivity contribution >= 4 is 16.8 Å². The summed E-state index contributed by atoms with van der Waals surface area (Å²) in [6.45, 7) is 6.00. The largest absolute Gasteiger partial charge is 0.488 e. The SMILES string of the molecule is CCCCc1cc(OC2CCN(C(CCC)C(N)=O)CC2)c2ncccc2c1. The van der Waals surface area contributed by atoms with E-state index >= 15 is 0 Å². The average Bonchev–Trinajstić information content (AvgIpc) is 2.71. The van der Waals surface area contributed by atoms with Crippen LogP contribution < -0.4 is 10.5 Å². The Balaban J connectivity index is 1.70. The van der Waals surface area contributed by atoms with Gasteiger partial charge in [-0.05, 0) is 55.9 Å². The van der Waals surface area contributed by atoms with E-state index < -0.39 is 0 Å². The lowest BCUT2D eigenvalue weighted by molar-refractivity contribution is -0.124. The van der Waals surface area contributed by atoms with Crippen molar-refractivity contribution in [3.05, 3.63) is 36.0 Å². The standard InChI is InChI=1S/C23H33N3O2/c1-3-5-8-17-15-18-9-6-12-25-22(18)21(16-17)28-19-10-13-26(14-11-19)20(7-4-2)23(24)27/h6,9,12,15-16,19-20H,3-5,7-8,10-11,13-14H2,1-2H3,(H2,24,27). The average molecular weight is 384 g/mol. The van der Waals surface area contributed by atoms with Gasteiger partial charge in [0.05, 0.1) is 6.04 Å². The van der Waals surface area contributed by atoms with Gasteiger partial charge in [-0.15, -0.1) is 0 Å². The zero-order valence-electron chi connectivity index (χ0n) is 17.2. The number of carbonyl (C=O) groups is 1. The first-order valence-corrected chi connectivity index (χ1v) is 10.7. The number of benzene rings is 1. The molecule has 28 heavy (non-hydrogen) atoms. The molecule has 1 unspecified atom stereocenters. The summed E-state index contributed by atoms with van der Waals surface area (Å²) in [6, 6.07) is 8.34. The molecular weight excluding hydrogens is 350 g/mol. The lowest BCUT2D eigenvalue weighted by Gasteiger charge is -2.36. The smallest absolute Gasteiger partial charge is 0.234 e. The second-order valence-corrected chi connectivity index (χ2v) is 7.83. The highest BCUT2D eigenvalue weighted by Gasteiger charge is 2.28. The number of nitrogens with two attached hydrogens (primary N) is 1. The van der Waals surface area contributed by atoms with Gasteiger partial charge in [-0.2, -0.15) is 0 Å². The number of aryl methyl sites for hydroxylation is 1. The molecule has 5 heteroatoms. The Morgan fingerprint density at radius 3 is 2.75 bits per heavy atom. The van der Waals surface area contributed by atoms with Crippen LogP contribution in [0.15, 0.2) is 30.5 Å². The Hall–Kier alpha value is -2.14. The van der Waals surface area contributed by atoms with Crippen molar-refractivity contribution < 1.29 is 9.53 Å². The summed E-state index contributed by atoms with van der Waals surface area (Å²) >= 11 is 0. The first kappa shape index (κ1) is 20.6. The summed E-state index contributed by atoms with van der Waals surface area (Å²) < 4.78 is 6.43. The third-order valence-corrected chi connectivity index (χ3v) is 5.65. The number of pyridine rings is 1. The number of hydrogen-bond donors (Lipinski definition) is 1. The molecule has 2 N–H and O–H groups in total. The topological polar surface area (TPSA) is 68.5 Å². The lowest BCUT2D eigenvalue weighted by atomic mass is 10.0. The number of amides is 1. The number of carbonyl (C=O) groups excluding carboxylic acids is 1. The number of fused-ring (bicyclic) bond motifs is 1.